The highest BCUT2D eigenvalue weighted by atomic mass is 16.5. The standard InChI is InChI=1S/C35H63NO/c1-4-7-9-11-13-15-17-19-21-26-32-36(33-27-22-20-18-16-14-12-10-8-5-2)35(37-6-3)31-30-34-28-24-23-25-29-34/h23-25,28-31,35H,4-22,26-27,32-33H2,1-3H3. The number of unbranched alkanes of at least 4 members (excludes halogenated alkanes) is 18. The molecule has 0 N–H and O–H groups in total. The van der Waals surface area contributed by atoms with Gasteiger partial charge in [-0.3, -0.25) is 4.90 Å². The molecule has 1 atom stereocenters. The quantitative estimate of drug-likeness (QED) is 0.0856. The first-order valence-electron chi connectivity index (χ1n) is 16.4. The number of rotatable bonds is 27. The van der Waals surface area contributed by atoms with Crippen LogP contribution < -0.4 is 0 Å². The van der Waals surface area contributed by atoms with Gasteiger partial charge >= 0.3 is 0 Å². The van der Waals surface area contributed by atoms with Crippen LogP contribution in [0, 0.1) is 0 Å². The second-order valence-corrected chi connectivity index (χ2v) is 11.0. The van der Waals surface area contributed by atoms with Gasteiger partial charge in [0.25, 0.3) is 0 Å². The third-order valence-electron chi connectivity index (χ3n) is 7.55. The molecule has 0 amide bonds. The monoisotopic (exact) mass is 513 g/mol. The molecule has 0 bridgehead atoms. The molecule has 0 aromatic heterocycles. The minimum Gasteiger partial charge on any atom is -0.360 e. The van der Waals surface area contributed by atoms with Crippen LogP contribution in [0.1, 0.15) is 155 Å². The highest BCUT2D eigenvalue weighted by Crippen LogP contribution is 2.16. The Morgan fingerprint density at radius 1 is 0.568 bits per heavy atom. The Morgan fingerprint density at radius 2 is 0.973 bits per heavy atom. The predicted molar refractivity (Wildman–Crippen MR) is 166 cm³/mol. The van der Waals surface area contributed by atoms with Crippen molar-refractivity contribution in [2.24, 2.45) is 0 Å². The minimum atomic E-state index is 0.0855. The lowest BCUT2D eigenvalue weighted by Crippen LogP contribution is -2.37. The van der Waals surface area contributed by atoms with Crippen molar-refractivity contribution in [1.29, 1.82) is 0 Å². The van der Waals surface area contributed by atoms with Crippen LogP contribution in [0.15, 0.2) is 36.4 Å². The average Bonchev–Trinajstić information content (AvgIpc) is 2.92. The van der Waals surface area contributed by atoms with Crippen LogP contribution >= 0.6 is 0 Å². The van der Waals surface area contributed by atoms with Crippen LogP contribution in [0.25, 0.3) is 6.08 Å². The third-order valence-corrected chi connectivity index (χ3v) is 7.55. The topological polar surface area (TPSA) is 12.5 Å². The SMILES string of the molecule is CCCCCCCCCCCCN(CCCCCCCCCCCC)C(C=Cc1ccccc1)OCC. The van der Waals surface area contributed by atoms with Gasteiger partial charge in [0.15, 0.2) is 0 Å². The summed E-state index contributed by atoms with van der Waals surface area (Å²) in [5, 5.41) is 0. The zero-order valence-electron chi connectivity index (χ0n) is 25.2. The molecule has 1 rings (SSSR count). The van der Waals surface area contributed by atoms with E-state index in [1.807, 2.05) is 0 Å². The largest absolute Gasteiger partial charge is 0.360 e. The van der Waals surface area contributed by atoms with Crippen molar-refractivity contribution >= 4 is 6.08 Å². The lowest BCUT2D eigenvalue weighted by molar-refractivity contribution is -0.0233. The summed E-state index contributed by atoms with van der Waals surface area (Å²) in [7, 11) is 0. The van der Waals surface area contributed by atoms with E-state index in [1.165, 1.54) is 134 Å². The van der Waals surface area contributed by atoms with Gasteiger partial charge in [0.1, 0.15) is 6.23 Å². The van der Waals surface area contributed by atoms with Crippen LogP contribution in [0.3, 0.4) is 0 Å². The molecular formula is C35H63NO. The van der Waals surface area contributed by atoms with E-state index in [0.717, 1.165) is 19.7 Å². The average molecular weight is 514 g/mol. The van der Waals surface area contributed by atoms with Crippen molar-refractivity contribution in [2.45, 2.75) is 155 Å². The smallest absolute Gasteiger partial charge is 0.130 e. The maximum atomic E-state index is 6.25. The van der Waals surface area contributed by atoms with Gasteiger partial charge in [-0.2, -0.15) is 0 Å². The van der Waals surface area contributed by atoms with Gasteiger partial charge in [0.2, 0.25) is 0 Å². The normalized spacial score (nSPS) is 12.6. The number of hydrogen-bond donors (Lipinski definition) is 0. The first-order valence-corrected chi connectivity index (χ1v) is 16.4. The van der Waals surface area contributed by atoms with Gasteiger partial charge in [-0.1, -0.05) is 166 Å². The fourth-order valence-electron chi connectivity index (χ4n) is 5.18. The van der Waals surface area contributed by atoms with Gasteiger partial charge in [-0.05, 0) is 31.4 Å². The van der Waals surface area contributed by atoms with Crippen LogP contribution in [-0.4, -0.2) is 30.8 Å². The summed E-state index contributed by atoms with van der Waals surface area (Å²) in [6.45, 7) is 9.79. The summed E-state index contributed by atoms with van der Waals surface area (Å²) in [5.74, 6) is 0. The molecule has 2 heteroatoms. The summed E-state index contributed by atoms with van der Waals surface area (Å²) in [6.07, 6.45) is 32.4. The van der Waals surface area contributed by atoms with E-state index in [9.17, 15) is 0 Å². The summed E-state index contributed by atoms with van der Waals surface area (Å²) in [6, 6.07) is 10.7. The zero-order chi connectivity index (χ0) is 26.7. The molecule has 0 aliphatic carbocycles. The van der Waals surface area contributed by atoms with Gasteiger partial charge in [0.05, 0.1) is 0 Å². The second kappa shape index (κ2) is 26.5. The lowest BCUT2D eigenvalue weighted by Gasteiger charge is -2.29. The van der Waals surface area contributed by atoms with Crippen molar-refractivity contribution in [3.05, 3.63) is 42.0 Å². The molecule has 1 unspecified atom stereocenters. The van der Waals surface area contributed by atoms with Crippen LogP contribution in [0.2, 0.25) is 0 Å². The highest BCUT2D eigenvalue weighted by molar-refractivity contribution is 5.49. The third kappa shape index (κ3) is 20.5. The summed E-state index contributed by atoms with van der Waals surface area (Å²) >= 11 is 0. The maximum Gasteiger partial charge on any atom is 0.130 e. The van der Waals surface area contributed by atoms with Gasteiger partial charge in [-0.15, -0.1) is 0 Å². The molecule has 37 heavy (non-hydrogen) atoms. The molecule has 0 radical (unpaired) electrons. The Labute approximate surface area is 232 Å². The molecular weight excluding hydrogens is 450 g/mol. The van der Waals surface area contributed by atoms with E-state index in [2.05, 4.69) is 68.2 Å². The van der Waals surface area contributed by atoms with E-state index >= 15 is 0 Å². The summed E-state index contributed by atoms with van der Waals surface area (Å²) in [5.41, 5.74) is 1.25. The van der Waals surface area contributed by atoms with Gasteiger partial charge in [-0.25, -0.2) is 0 Å². The van der Waals surface area contributed by atoms with Crippen LogP contribution in [-0.2, 0) is 4.74 Å². The number of hydrogen-bond acceptors (Lipinski definition) is 2. The van der Waals surface area contributed by atoms with E-state index < -0.39 is 0 Å². The molecule has 0 saturated heterocycles. The number of nitrogens with zero attached hydrogens (tertiary/aromatic N) is 1. The molecule has 0 aliphatic rings. The first kappa shape index (κ1) is 33.9. The van der Waals surface area contributed by atoms with Crippen LogP contribution in [0.4, 0.5) is 0 Å². The van der Waals surface area contributed by atoms with E-state index in [1.54, 1.807) is 0 Å². The first-order chi connectivity index (χ1) is 18.3. The molecule has 1 aromatic rings. The summed E-state index contributed by atoms with van der Waals surface area (Å²) in [4.78, 5) is 2.61. The predicted octanol–water partition coefficient (Wildman–Crippen LogP) is 11.2. The Kier molecular flexibility index (Phi) is 24.3. The molecule has 0 fully saturated rings. The molecule has 0 spiro atoms. The van der Waals surface area contributed by atoms with Crippen LogP contribution in [0.5, 0.6) is 0 Å². The number of benzene rings is 1. The van der Waals surface area contributed by atoms with E-state index in [0.29, 0.717) is 0 Å². The lowest BCUT2D eigenvalue weighted by atomic mass is 10.1. The van der Waals surface area contributed by atoms with E-state index in [-0.39, 0.29) is 6.23 Å². The molecule has 0 aliphatic heterocycles. The second-order valence-electron chi connectivity index (χ2n) is 11.0. The molecule has 0 saturated carbocycles. The van der Waals surface area contributed by atoms with Gasteiger partial charge < -0.3 is 4.74 Å². The Hall–Kier alpha value is -1.12. The maximum absolute atomic E-state index is 6.25. The molecule has 1 aromatic carbocycles. The molecule has 214 valence electrons. The molecule has 0 heterocycles. The van der Waals surface area contributed by atoms with Crippen molar-refractivity contribution < 1.29 is 4.74 Å². The zero-order valence-corrected chi connectivity index (χ0v) is 25.2. The van der Waals surface area contributed by atoms with Crippen molar-refractivity contribution in [1.82, 2.24) is 4.90 Å². The Balaban J connectivity index is 2.41. The Bertz CT molecular complexity index is 575. The highest BCUT2D eigenvalue weighted by Gasteiger charge is 2.15. The fourth-order valence-corrected chi connectivity index (χ4v) is 5.18. The van der Waals surface area contributed by atoms with Gasteiger partial charge in [0, 0.05) is 19.7 Å². The Morgan fingerprint density at radius 3 is 1.38 bits per heavy atom. The minimum absolute atomic E-state index is 0.0855. The fraction of sp³-hybridized carbons (Fsp3) is 0.771. The summed E-state index contributed by atoms with van der Waals surface area (Å²) < 4.78 is 6.25. The van der Waals surface area contributed by atoms with Crippen molar-refractivity contribution in [3.8, 4) is 0 Å². The van der Waals surface area contributed by atoms with E-state index in [4.69, 9.17) is 4.74 Å². The number of ether oxygens (including phenoxy) is 1. The van der Waals surface area contributed by atoms with Crippen molar-refractivity contribution in [3.63, 3.8) is 0 Å². The van der Waals surface area contributed by atoms with Crippen molar-refractivity contribution in [2.75, 3.05) is 19.7 Å². The molecule has 2 nitrogen and oxygen atoms in total.